The molecular weight excluding hydrogens is 322 g/mol. The van der Waals surface area contributed by atoms with Crippen molar-refractivity contribution in [3.63, 3.8) is 0 Å². The van der Waals surface area contributed by atoms with Gasteiger partial charge in [0.2, 0.25) is 10.0 Å². The number of piperidine rings is 1. The smallest absolute Gasteiger partial charge is 0.211 e. The van der Waals surface area contributed by atoms with Crippen LogP contribution in [-0.2, 0) is 16.6 Å². The molecule has 24 heavy (non-hydrogen) atoms. The minimum Gasteiger partial charge on any atom is -0.314 e. The van der Waals surface area contributed by atoms with Gasteiger partial charge in [-0.15, -0.1) is 0 Å². The van der Waals surface area contributed by atoms with Gasteiger partial charge in [0.15, 0.2) is 0 Å². The van der Waals surface area contributed by atoms with Gasteiger partial charge in [-0.05, 0) is 44.5 Å². The van der Waals surface area contributed by atoms with Crippen molar-refractivity contribution in [1.29, 1.82) is 0 Å². The summed E-state index contributed by atoms with van der Waals surface area (Å²) in [6.07, 6.45) is 4.48. The number of nitrogens with one attached hydrogen (secondary N) is 1. The highest BCUT2D eigenvalue weighted by molar-refractivity contribution is 7.88. The molecule has 1 saturated heterocycles. The third-order valence-electron chi connectivity index (χ3n) is 4.68. The lowest BCUT2D eigenvalue weighted by molar-refractivity contribution is 0.190. The molecular formula is C18H31N3O2S. The van der Waals surface area contributed by atoms with Crippen LogP contribution in [0.5, 0.6) is 0 Å². The van der Waals surface area contributed by atoms with Crippen molar-refractivity contribution in [2.75, 3.05) is 39.0 Å². The van der Waals surface area contributed by atoms with E-state index < -0.39 is 10.0 Å². The van der Waals surface area contributed by atoms with Crippen LogP contribution in [0.15, 0.2) is 30.3 Å². The fraction of sp³-hybridized carbons (Fsp3) is 0.667. The Labute approximate surface area is 147 Å². The zero-order valence-electron chi connectivity index (χ0n) is 14.9. The summed E-state index contributed by atoms with van der Waals surface area (Å²) in [6, 6.07) is 11.2. The maximum absolute atomic E-state index is 11.5. The van der Waals surface area contributed by atoms with Crippen LogP contribution in [0.4, 0.5) is 0 Å². The Kier molecular flexibility index (Phi) is 7.68. The third kappa shape index (κ3) is 6.51. The zero-order chi connectivity index (χ0) is 17.4. The summed E-state index contributed by atoms with van der Waals surface area (Å²) >= 11 is 0. The Hall–Kier alpha value is -0.950. The molecule has 0 unspecified atom stereocenters. The summed E-state index contributed by atoms with van der Waals surface area (Å²) < 4.78 is 24.6. The van der Waals surface area contributed by atoms with Gasteiger partial charge in [-0.3, -0.25) is 4.90 Å². The Morgan fingerprint density at radius 1 is 1.21 bits per heavy atom. The van der Waals surface area contributed by atoms with Gasteiger partial charge >= 0.3 is 0 Å². The highest BCUT2D eigenvalue weighted by atomic mass is 32.2. The molecule has 0 spiro atoms. The van der Waals surface area contributed by atoms with E-state index in [-0.39, 0.29) is 0 Å². The minimum absolute atomic E-state index is 0.552. The van der Waals surface area contributed by atoms with Gasteiger partial charge in [0, 0.05) is 25.7 Å². The van der Waals surface area contributed by atoms with E-state index in [1.54, 1.807) is 0 Å². The molecule has 0 radical (unpaired) electrons. The van der Waals surface area contributed by atoms with Crippen molar-refractivity contribution in [2.24, 2.45) is 0 Å². The van der Waals surface area contributed by atoms with E-state index in [9.17, 15) is 8.42 Å². The standard InChI is InChI=1S/C18H31N3O2S/c1-3-21(24(2,22)23)13-7-12-19-18-10-14-20(15-11-18)16-17-8-5-4-6-9-17/h4-6,8-9,18-19H,3,7,10-16H2,1-2H3. The monoisotopic (exact) mass is 353 g/mol. The number of likely N-dealkylation sites (tertiary alicyclic amines) is 1. The number of sulfonamides is 1. The second-order valence-corrected chi connectivity index (χ2v) is 8.58. The van der Waals surface area contributed by atoms with E-state index in [0.29, 0.717) is 19.1 Å². The summed E-state index contributed by atoms with van der Waals surface area (Å²) in [7, 11) is -3.06. The lowest BCUT2D eigenvalue weighted by Crippen LogP contribution is -2.43. The zero-order valence-corrected chi connectivity index (χ0v) is 15.8. The van der Waals surface area contributed by atoms with Crippen LogP contribution in [0.25, 0.3) is 0 Å². The minimum atomic E-state index is -3.06. The SMILES string of the molecule is CCN(CCCNC1CCN(Cc2ccccc2)CC1)S(C)(=O)=O. The van der Waals surface area contributed by atoms with Crippen LogP contribution in [0.1, 0.15) is 31.7 Å². The number of nitrogens with zero attached hydrogens (tertiary/aromatic N) is 2. The molecule has 0 atom stereocenters. The summed E-state index contributed by atoms with van der Waals surface area (Å²) in [6.45, 7) is 7.21. The van der Waals surface area contributed by atoms with Crippen molar-refractivity contribution < 1.29 is 8.42 Å². The average Bonchev–Trinajstić information content (AvgIpc) is 2.56. The predicted octanol–water partition coefficient (Wildman–Crippen LogP) is 1.91. The molecule has 2 rings (SSSR count). The van der Waals surface area contributed by atoms with Crippen molar-refractivity contribution in [3.05, 3.63) is 35.9 Å². The van der Waals surface area contributed by atoms with E-state index in [2.05, 4.69) is 40.5 Å². The highest BCUT2D eigenvalue weighted by Crippen LogP contribution is 2.13. The van der Waals surface area contributed by atoms with Gasteiger partial charge < -0.3 is 5.32 Å². The maximum Gasteiger partial charge on any atom is 0.211 e. The van der Waals surface area contributed by atoms with Crippen molar-refractivity contribution >= 4 is 10.0 Å². The van der Waals surface area contributed by atoms with Gasteiger partial charge in [-0.2, -0.15) is 0 Å². The number of hydrogen-bond donors (Lipinski definition) is 1. The van der Waals surface area contributed by atoms with E-state index >= 15 is 0 Å². The molecule has 1 aliphatic rings. The fourth-order valence-electron chi connectivity index (χ4n) is 3.26. The molecule has 6 heteroatoms. The lowest BCUT2D eigenvalue weighted by Gasteiger charge is -2.32. The van der Waals surface area contributed by atoms with Crippen molar-refractivity contribution in [3.8, 4) is 0 Å². The van der Waals surface area contributed by atoms with Crippen LogP contribution >= 0.6 is 0 Å². The van der Waals surface area contributed by atoms with Gasteiger partial charge in [-0.1, -0.05) is 37.3 Å². The maximum atomic E-state index is 11.5. The third-order valence-corrected chi connectivity index (χ3v) is 6.05. The van der Waals surface area contributed by atoms with E-state index in [4.69, 9.17) is 0 Å². The molecule has 136 valence electrons. The molecule has 0 amide bonds. The molecule has 0 saturated carbocycles. The largest absolute Gasteiger partial charge is 0.314 e. The van der Waals surface area contributed by atoms with Gasteiger partial charge in [0.25, 0.3) is 0 Å². The summed E-state index contributed by atoms with van der Waals surface area (Å²) in [5.74, 6) is 0. The molecule has 1 fully saturated rings. The van der Waals surface area contributed by atoms with Crippen molar-refractivity contribution in [1.82, 2.24) is 14.5 Å². The van der Waals surface area contributed by atoms with E-state index in [1.165, 1.54) is 16.1 Å². The number of benzene rings is 1. The number of hydrogen-bond acceptors (Lipinski definition) is 4. The first-order chi connectivity index (χ1) is 11.5. The van der Waals surface area contributed by atoms with Gasteiger partial charge in [0.1, 0.15) is 0 Å². The highest BCUT2D eigenvalue weighted by Gasteiger charge is 2.19. The fourth-order valence-corrected chi connectivity index (χ4v) is 4.19. The Balaban J connectivity index is 1.61. The van der Waals surface area contributed by atoms with Crippen LogP contribution < -0.4 is 5.32 Å². The average molecular weight is 354 g/mol. The molecule has 1 aliphatic heterocycles. The van der Waals surface area contributed by atoms with Crippen molar-refractivity contribution in [2.45, 2.75) is 38.8 Å². The Morgan fingerprint density at radius 2 is 1.88 bits per heavy atom. The molecule has 1 N–H and O–H groups in total. The normalized spacial score (nSPS) is 17.5. The van der Waals surface area contributed by atoms with Gasteiger partial charge in [0.05, 0.1) is 6.26 Å². The van der Waals surface area contributed by atoms with E-state index in [1.807, 2.05) is 6.92 Å². The van der Waals surface area contributed by atoms with E-state index in [0.717, 1.165) is 45.4 Å². The molecule has 1 aromatic rings. The molecule has 1 aromatic carbocycles. The summed E-state index contributed by atoms with van der Waals surface area (Å²) in [5, 5.41) is 3.59. The second kappa shape index (κ2) is 9.51. The molecule has 1 heterocycles. The first-order valence-corrected chi connectivity index (χ1v) is 10.8. The molecule has 0 bridgehead atoms. The summed E-state index contributed by atoms with van der Waals surface area (Å²) in [4.78, 5) is 2.51. The van der Waals surface area contributed by atoms with Crippen LogP contribution in [0.3, 0.4) is 0 Å². The lowest BCUT2D eigenvalue weighted by atomic mass is 10.0. The second-order valence-electron chi connectivity index (χ2n) is 6.60. The molecule has 0 aliphatic carbocycles. The first kappa shape index (κ1) is 19.4. The topological polar surface area (TPSA) is 52.6 Å². The quantitative estimate of drug-likeness (QED) is 0.689. The Morgan fingerprint density at radius 3 is 2.46 bits per heavy atom. The summed E-state index contributed by atoms with van der Waals surface area (Å²) in [5.41, 5.74) is 1.38. The van der Waals surface area contributed by atoms with Gasteiger partial charge in [-0.25, -0.2) is 12.7 Å². The molecule has 5 nitrogen and oxygen atoms in total. The van der Waals surface area contributed by atoms with Crippen LogP contribution in [0, 0.1) is 0 Å². The van der Waals surface area contributed by atoms with Crippen LogP contribution in [0.2, 0.25) is 0 Å². The predicted molar refractivity (Wildman–Crippen MR) is 99.5 cm³/mol. The first-order valence-electron chi connectivity index (χ1n) is 8.94. The van der Waals surface area contributed by atoms with Crippen LogP contribution in [-0.4, -0.2) is 62.6 Å². The number of rotatable bonds is 9. The molecule has 0 aromatic heterocycles. The Bertz CT molecular complexity index is 569.